The van der Waals surface area contributed by atoms with Crippen LogP contribution in [-0.2, 0) is 44.1 Å². The Morgan fingerprint density at radius 3 is 0.750 bits per heavy atom. The SMILES string of the molecule is O.O.[Nb].[Ti]. The second kappa shape index (κ2) is 26.4. The quantitative estimate of drug-likeness (QED) is 0.397. The molecule has 0 saturated carbocycles. The topological polar surface area (TPSA) is 63.0 Å². The summed E-state index contributed by atoms with van der Waals surface area (Å²) >= 11 is 0. The molecule has 0 bridgehead atoms. The molecule has 0 aliphatic carbocycles. The van der Waals surface area contributed by atoms with Crippen LogP contribution in [0.2, 0.25) is 0 Å². The van der Waals surface area contributed by atoms with Crippen molar-refractivity contribution in [3.8, 4) is 0 Å². The van der Waals surface area contributed by atoms with Gasteiger partial charge in [0.2, 0.25) is 0 Å². The number of hydrogen-bond acceptors (Lipinski definition) is 0. The largest absolute Gasteiger partial charge is 0.412 e. The summed E-state index contributed by atoms with van der Waals surface area (Å²) in [6, 6.07) is 0. The van der Waals surface area contributed by atoms with Crippen LogP contribution in [-0.4, -0.2) is 11.0 Å². The van der Waals surface area contributed by atoms with E-state index in [4.69, 9.17) is 0 Å². The number of rotatable bonds is 0. The van der Waals surface area contributed by atoms with Crippen molar-refractivity contribution in [3.05, 3.63) is 0 Å². The van der Waals surface area contributed by atoms with Crippen molar-refractivity contribution >= 4 is 0 Å². The molecule has 0 aliphatic rings. The normalized spacial score (nSPS) is 0. The van der Waals surface area contributed by atoms with Crippen LogP contribution in [0.3, 0.4) is 0 Å². The Morgan fingerprint density at radius 2 is 0.750 bits per heavy atom. The Balaban J connectivity index is 0. The first-order valence-electron chi connectivity index (χ1n) is 0. The van der Waals surface area contributed by atoms with Gasteiger partial charge in [-0.05, 0) is 0 Å². The first-order chi connectivity index (χ1) is 0. The van der Waals surface area contributed by atoms with E-state index in [-0.39, 0.29) is 55.1 Å². The van der Waals surface area contributed by atoms with Crippen LogP contribution in [0.15, 0.2) is 0 Å². The van der Waals surface area contributed by atoms with Crippen molar-refractivity contribution in [1.82, 2.24) is 0 Å². The van der Waals surface area contributed by atoms with Crippen LogP contribution >= 0.6 is 0 Å². The van der Waals surface area contributed by atoms with E-state index >= 15 is 0 Å². The summed E-state index contributed by atoms with van der Waals surface area (Å²) in [6.45, 7) is 0. The van der Waals surface area contributed by atoms with E-state index in [1.165, 1.54) is 0 Å². The smallest absolute Gasteiger partial charge is 0 e. The van der Waals surface area contributed by atoms with Gasteiger partial charge >= 0.3 is 0 Å². The maximum atomic E-state index is 0. The summed E-state index contributed by atoms with van der Waals surface area (Å²) in [5, 5.41) is 0. The molecular weight excluding hydrogens is 173 g/mol. The Morgan fingerprint density at radius 1 is 0.750 bits per heavy atom. The van der Waals surface area contributed by atoms with Crippen LogP contribution < -0.4 is 0 Å². The van der Waals surface area contributed by atoms with E-state index in [1.54, 1.807) is 0 Å². The molecule has 0 spiro atoms. The van der Waals surface area contributed by atoms with E-state index in [0.29, 0.717) is 0 Å². The molecule has 4 heavy (non-hydrogen) atoms. The van der Waals surface area contributed by atoms with E-state index in [2.05, 4.69) is 0 Å². The zero-order valence-electron chi connectivity index (χ0n) is 1.95. The van der Waals surface area contributed by atoms with E-state index in [1.807, 2.05) is 0 Å². The fourth-order valence-electron chi connectivity index (χ4n) is 0. The molecule has 0 amide bonds. The molecule has 4 N–H and O–H groups in total. The van der Waals surface area contributed by atoms with Crippen molar-refractivity contribution in [2.75, 3.05) is 0 Å². The molecule has 0 aromatic carbocycles. The fourth-order valence-corrected chi connectivity index (χ4v) is 0. The minimum absolute atomic E-state index is 0. The van der Waals surface area contributed by atoms with Crippen molar-refractivity contribution in [3.63, 3.8) is 0 Å². The molecule has 0 saturated heterocycles. The molecule has 0 aromatic rings. The van der Waals surface area contributed by atoms with Gasteiger partial charge in [-0.2, -0.15) is 0 Å². The van der Waals surface area contributed by atoms with Crippen molar-refractivity contribution in [2.45, 2.75) is 0 Å². The average Bonchev–Trinajstić information content (AvgIpc) is 0. The monoisotopic (exact) mass is 177 g/mol. The summed E-state index contributed by atoms with van der Waals surface area (Å²) in [4.78, 5) is 0. The van der Waals surface area contributed by atoms with Gasteiger partial charge in [0.15, 0.2) is 0 Å². The van der Waals surface area contributed by atoms with Crippen molar-refractivity contribution in [2.24, 2.45) is 0 Å². The maximum absolute atomic E-state index is 0. The molecule has 2 nitrogen and oxygen atoms in total. The predicted octanol–water partition coefficient (Wildman–Crippen LogP) is -1.65. The number of hydrogen-bond donors (Lipinski definition) is 0. The van der Waals surface area contributed by atoms with E-state index in [0.717, 1.165) is 0 Å². The molecule has 0 unspecified atom stereocenters. The van der Waals surface area contributed by atoms with Gasteiger partial charge in [-0.25, -0.2) is 0 Å². The van der Waals surface area contributed by atoms with E-state index in [9.17, 15) is 0 Å². The Hall–Kier alpha value is 1.37. The van der Waals surface area contributed by atoms with Crippen LogP contribution in [0.25, 0.3) is 0 Å². The fraction of sp³-hybridized carbons (Fsp3) is 0. The van der Waals surface area contributed by atoms with Crippen LogP contribution in [0.5, 0.6) is 0 Å². The average molecular weight is 177 g/mol. The Labute approximate surface area is 55.0 Å². The Bertz CT molecular complexity index is 6.00. The van der Waals surface area contributed by atoms with E-state index < -0.39 is 0 Å². The zero-order chi connectivity index (χ0) is 0. The molecule has 0 rings (SSSR count). The van der Waals surface area contributed by atoms with Crippen LogP contribution in [0.4, 0.5) is 0 Å². The molecule has 0 fully saturated rings. The van der Waals surface area contributed by atoms with Crippen molar-refractivity contribution in [1.29, 1.82) is 0 Å². The Kier molecular flexibility index (Phi) is 359. The van der Waals surface area contributed by atoms with Gasteiger partial charge in [0.25, 0.3) is 0 Å². The van der Waals surface area contributed by atoms with Gasteiger partial charge in [-0.3, -0.25) is 0 Å². The second-order valence-corrected chi connectivity index (χ2v) is 0. The molecule has 0 aromatic heterocycles. The van der Waals surface area contributed by atoms with Crippen molar-refractivity contribution < 1.29 is 55.1 Å². The molecule has 0 heterocycles. The zero-order valence-corrected chi connectivity index (χ0v) is 5.71. The predicted molar refractivity (Wildman–Crippen MR) is 7.23 cm³/mol. The molecule has 1 radical (unpaired) electrons. The third kappa shape index (κ3) is 10.1. The van der Waals surface area contributed by atoms with Gasteiger partial charge in [0.1, 0.15) is 0 Å². The van der Waals surface area contributed by atoms with Gasteiger partial charge in [0, 0.05) is 44.1 Å². The third-order valence-electron chi connectivity index (χ3n) is 0. The summed E-state index contributed by atoms with van der Waals surface area (Å²) in [7, 11) is 0. The van der Waals surface area contributed by atoms with Gasteiger partial charge < -0.3 is 11.0 Å². The third-order valence-corrected chi connectivity index (χ3v) is 0. The van der Waals surface area contributed by atoms with Gasteiger partial charge in [0.05, 0.1) is 0 Å². The first-order valence-corrected chi connectivity index (χ1v) is 0. The molecular formula is H4NbO2Ti. The van der Waals surface area contributed by atoms with Crippen LogP contribution in [0.1, 0.15) is 0 Å². The minimum atomic E-state index is 0. The molecule has 0 aliphatic heterocycles. The van der Waals surface area contributed by atoms with Gasteiger partial charge in [-0.1, -0.05) is 0 Å². The summed E-state index contributed by atoms with van der Waals surface area (Å²) in [5.41, 5.74) is 0. The van der Waals surface area contributed by atoms with Gasteiger partial charge in [-0.15, -0.1) is 0 Å². The first kappa shape index (κ1) is 54.4. The molecule has 4 heteroatoms. The summed E-state index contributed by atoms with van der Waals surface area (Å²) in [5.74, 6) is 0. The standard InChI is InChI=1S/Nb.2H2O.Ti/h;2*1H2;. The molecule has 25 valence electrons. The summed E-state index contributed by atoms with van der Waals surface area (Å²) in [6.07, 6.45) is 0. The minimum Gasteiger partial charge on any atom is -0.412 e. The summed E-state index contributed by atoms with van der Waals surface area (Å²) < 4.78 is 0. The second-order valence-electron chi connectivity index (χ2n) is 0. The maximum Gasteiger partial charge on any atom is 0 e. The van der Waals surface area contributed by atoms with Crippen LogP contribution in [0, 0.1) is 0 Å². The molecule has 0 atom stereocenters.